The molecule has 0 unspecified atom stereocenters. The van der Waals surface area contributed by atoms with E-state index in [1.807, 2.05) is 0 Å². The van der Waals surface area contributed by atoms with Crippen LogP contribution in [0, 0.1) is 0 Å². The van der Waals surface area contributed by atoms with E-state index in [0.717, 1.165) is 0 Å². The zero-order valence-corrected chi connectivity index (χ0v) is 18.6. The fraction of sp³-hybridized carbons (Fsp3) is 0.455. The van der Waals surface area contributed by atoms with Gasteiger partial charge < -0.3 is 39.9 Å². The summed E-state index contributed by atoms with van der Waals surface area (Å²) in [6, 6.07) is 0. The summed E-state index contributed by atoms with van der Waals surface area (Å²) in [4.78, 5) is 20.9. The third-order valence-corrected chi connectivity index (χ3v) is 1.31. The van der Waals surface area contributed by atoms with Crippen LogP contribution in [0.25, 0.3) is 0 Å². The van der Waals surface area contributed by atoms with Crippen LogP contribution in [0.15, 0.2) is 25.0 Å². The van der Waals surface area contributed by atoms with E-state index in [0.29, 0.717) is 13.3 Å². The van der Waals surface area contributed by atoms with Crippen molar-refractivity contribution in [2.75, 3.05) is 34.6 Å². The minimum Gasteiger partial charge on any atom is -0.520 e. The monoisotopic (exact) mass is 469 g/mol. The maximum Gasteiger partial charge on any atom is 0.268 e. The van der Waals surface area contributed by atoms with E-state index in [1.54, 1.807) is 11.9 Å². The van der Waals surface area contributed by atoms with Gasteiger partial charge in [0.25, 0.3) is 11.9 Å². The number of rotatable bonds is 8. The van der Waals surface area contributed by atoms with Gasteiger partial charge in [0.2, 0.25) is 0 Å². The molecule has 0 aromatic rings. The van der Waals surface area contributed by atoms with Gasteiger partial charge in [-0.25, -0.2) is 0 Å². The quantitative estimate of drug-likeness (QED) is 0.163. The molecule has 9 nitrogen and oxygen atoms in total. The minimum absolute atomic E-state index is 0. The van der Waals surface area contributed by atoms with Gasteiger partial charge in [0.1, 0.15) is 0 Å². The zero-order chi connectivity index (χ0) is 16.4. The van der Waals surface area contributed by atoms with Crippen molar-refractivity contribution in [1.82, 2.24) is 15.5 Å². The van der Waals surface area contributed by atoms with Gasteiger partial charge in [0, 0.05) is 78.8 Å². The van der Waals surface area contributed by atoms with Crippen LogP contribution in [0.3, 0.4) is 0 Å². The Balaban J connectivity index is -0.0000000692. The number of amides is 2. The summed E-state index contributed by atoms with van der Waals surface area (Å²) in [5.41, 5.74) is 0. The molecule has 22 heavy (non-hydrogen) atoms. The first kappa shape index (κ1) is 33.4. The Morgan fingerprint density at radius 2 is 1.23 bits per heavy atom. The number of aliphatic hydroxyl groups is 2. The minimum atomic E-state index is -0.245. The Hall–Kier alpha value is -0.212. The molecule has 0 aliphatic heterocycles. The molecule has 0 aromatic carbocycles. The molecule has 4 N–H and O–H groups in total. The average Bonchev–Trinajstić information content (AvgIpc) is 2.43. The summed E-state index contributed by atoms with van der Waals surface area (Å²) in [5, 5.41) is 20.5. The van der Waals surface area contributed by atoms with Crippen LogP contribution in [-0.2, 0) is 84.5 Å². The van der Waals surface area contributed by atoms with Gasteiger partial charge in [-0.1, -0.05) is 0 Å². The summed E-state index contributed by atoms with van der Waals surface area (Å²) in [5.74, 6) is -0.491. The molecule has 0 fully saturated rings. The molecule has 2 amide bonds. The summed E-state index contributed by atoms with van der Waals surface area (Å²) >= 11 is 0. The van der Waals surface area contributed by atoms with E-state index in [9.17, 15) is 9.59 Å². The Morgan fingerprint density at radius 3 is 1.36 bits per heavy atom. The molecule has 0 saturated heterocycles. The predicted molar refractivity (Wildman–Crippen MR) is 72.7 cm³/mol. The van der Waals surface area contributed by atoms with Crippen molar-refractivity contribution in [3.63, 3.8) is 0 Å². The van der Waals surface area contributed by atoms with Crippen LogP contribution in [0.5, 0.6) is 0 Å². The van der Waals surface area contributed by atoms with Crippen molar-refractivity contribution in [2.45, 2.75) is 0 Å². The second kappa shape index (κ2) is 28.9. The molecule has 0 heterocycles. The SMILES string of the molecule is C=C(O)OC.C=C(O)OC.CN(CN[C-]=O)CN[C-]=O.[Y].[Y]. The maximum absolute atomic E-state index is 9.62. The number of ether oxygens (including phenoxy) is 2. The molecule has 0 bridgehead atoms. The second-order valence-electron chi connectivity index (χ2n) is 2.93. The van der Waals surface area contributed by atoms with Crippen LogP contribution in [-0.4, -0.2) is 62.5 Å². The molecule has 0 saturated carbocycles. The van der Waals surface area contributed by atoms with Gasteiger partial charge >= 0.3 is 0 Å². The molecule has 0 rings (SSSR count). The van der Waals surface area contributed by atoms with Crippen molar-refractivity contribution >= 4 is 12.8 Å². The zero-order valence-electron chi connectivity index (χ0n) is 13.0. The molecular weight excluding hydrogens is 448 g/mol. The molecule has 124 valence electrons. The van der Waals surface area contributed by atoms with Gasteiger partial charge in [-0.15, -0.1) is 0 Å². The number of carbonyl (C=O) groups excluding carboxylic acids is 2. The number of nitrogens with zero attached hydrogens (tertiary/aromatic N) is 1. The molecule has 0 aliphatic rings. The van der Waals surface area contributed by atoms with E-state index in [-0.39, 0.29) is 77.3 Å². The number of hydrogen-bond donors (Lipinski definition) is 4. The molecule has 0 aliphatic carbocycles. The summed E-state index contributed by atoms with van der Waals surface area (Å²) in [6.07, 6.45) is 3.01. The molecular formula is C11H21N3O6Y2-2. The van der Waals surface area contributed by atoms with Gasteiger partial charge in [-0.05, 0) is 20.2 Å². The van der Waals surface area contributed by atoms with E-state index < -0.39 is 0 Å². The van der Waals surface area contributed by atoms with Crippen molar-refractivity contribution in [1.29, 1.82) is 0 Å². The van der Waals surface area contributed by atoms with E-state index in [4.69, 9.17) is 10.2 Å². The van der Waals surface area contributed by atoms with E-state index >= 15 is 0 Å². The topological polar surface area (TPSA) is 120 Å². The van der Waals surface area contributed by atoms with Gasteiger partial charge in [-0.3, -0.25) is 4.90 Å². The summed E-state index contributed by atoms with van der Waals surface area (Å²) in [6.45, 7) is 6.73. The normalized spacial score (nSPS) is 7.09. The number of methoxy groups -OCH3 is 2. The first-order valence-corrected chi connectivity index (χ1v) is 5.07. The third-order valence-electron chi connectivity index (χ3n) is 1.31. The molecule has 0 atom stereocenters. The summed E-state index contributed by atoms with van der Waals surface area (Å²) < 4.78 is 8.22. The molecule has 0 spiro atoms. The first-order chi connectivity index (χ1) is 9.35. The largest absolute Gasteiger partial charge is 0.520 e. The van der Waals surface area contributed by atoms with Crippen LogP contribution < -0.4 is 10.6 Å². The van der Waals surface area contributed by atoms with Crippen LogP contribution >= 0.6 is 0 Å². The van der Waals surface area contributed by atoms with E-state index in [1.165, 1.54) is 27.0 Å². The Bertz CT molecular complexity index is 257. The smallest absolute Gasteiger partial charge is 0.268 e. The fourth-order valence-corrected chi connectivity index (χ4v) is 0.390. The van der Waals surface area contributed by atoms with Crippen molar-refractivity contribution in [3.8, 4) is 0 Å². The number of hydrogen-bond acceptors (Lipinski definition) is 7. The number of aliphatic hydroxyl groups excluding tert-OH is 2. The average molecular weight is 469 g/mol. The summed E-state index contributed by atoms with van der Waals surface area (Å²) in [7, 11) is 4.43. The number of nitrogens with one attached hydrogen (secondary N) is 2. The van der Waals surface area contributed by atoms with Gasteiger partial charge in [-0.2, -0.15) is 12.8 Å². The van der Waals surface area contributed by atoms with Crippen LogP contribution in [0.2, 0.25) is 0 Å². The van der Waals surface area contributed by atoms with Crippen molar-refractivity contribution < 1.29 is 94.7 Å². The van der Waals surface area contributed by atoms with E-state index in [2.05, 4.69) is 33.3 Å². The van der Waals surface area contributed by atoms with Crippen molar-refractivity contribution in [3.05, 3.63) is 25.0 Å². The second-order valence-corrected chi connectivity index (χ2v) is 2.93. The Labute approximate surface area is 181 Å². The standard InChI is InChI=1S/C5H9N3O2.2C3H6O2.2Y/c1-8(2-6-4-9)3-7-5-10;2*1-3(4)5-2;;/h2-3H2,1H3,(H,6,9)(H,7,10);2*4H,1H2,2H3;;/q-2;;;;. The first-order valence-electron chi connectivity index (χ1n) is 5.07. The fourth-order valence-electron chi connectivity index (χ4n) is 0.390. The van der Waals surface area contributed by atoms with Crippen molar-refractivity contribution in [2.24, 2.45) is 0 Å². The molecule has 11 heteroatoms. The third kappa shape index (κ3) is 50.3. The molecule has 2 radical (unpaired) electrons. The van der Waals surface area contributed by atoms with Gasteiger partial charge in [0.15, 0.2) is 0 Å². The van der Waals surface area contributed by atoms with Crippen LogP contribution in [0.1, 0.15) is 0 Å². The Kier molecular flexibility index (Phi) is 43.9. The Morgan fingerprint density at radius 1 is 1.00 bits per heavy atom. The predicted octanol–water partition coefficient (Wildman–Crippen LogP) is -0.534. The maximum atomic E-state index is 9.62. The van der Waals surface area contributed by atoms with Crippen LogP contribution in [0.4, 0.5) is 0 Å². The van der Waals surface area contributed by atoms with Gasteiger partial charge in [0.05, 0.1) is 14.2 Å². The molecule has 0 aromatic heterocycles.